The van der Waals surface area contributed by atoms with Gasteiger partial charge in [-0.3, -0.25) is 4.79 Å². The van der Waals surface area contributed by atoms with Crippen LogP contribution in [-0.2, 0) is 0 Å². The number of para-hydroxylation sites is 1. The highest BCUT2D eigenvalue weighted by Crippen LogP contribution is 2.26. The summed E-state index contributed by atoms with van der Waals surface area (Å²) >= 11 is 3.41. The van der Waals surface area contributed by atoms with E-state index in [1.54, 1.807) is 12.1 Å². The minimum absolute atomic E-state index is 0.0129. The lowest BCUT2D eigenvalue weighted by Crippen LogP contribution is -2.15. The van der Waals surface area contributed by atoms with Gasteiger partial charge in [0.1, 0.15) is 5.75 Å². The molecule has 0 spiro atoms. The highest BCUT2D eigenvalue weighted by atomic mass is 79.9. The summed E-state index contributed by atoms with van der Waals surface area (Å²) in [5.74, 6) is 0.351. The number of ether oxygens (including phenoxy) is 1. The molecule has 0 radical (unpaired) electrons. The van der Waals surface area contributed by atoms with Crippen LogP contribution in [-0.4, -0.2) is 12.0 Å². The number of rotatable bonds is 6. The SMILES string of the molecule is CC(C)Oc1ccc(Br)cc1C(=O)Nc1ccc(Nc2ccccc2)cc1. The van der Waals surface area contributed by atoms with Gasteiger partial charge in [0.05, 0.1) is 11.7 Å². The molecule has 0 aliphatic rings. The van der Waals surface area contributed by atoms with Crippen molar-refractivity contribution in [2.45, 2.75) is 20.0 Å². The first kappa shape index (κ1) is 19.0. The van der Waals surface area contributed by atoms with Gasteiger partial charge >= 0.3 is 0 Å². The van der Waals surface area contributed by atoms with Gasteiger partial charge in [0.15, 0.2) is 0 Å². The Morgan fingerprint density at radius 2 is 1.52 bits per heavy atom. The maximum absolute atomic E-state index is 12.7. The summed E-state index contributed by atoms with van der Waals surface area (Å²) in [6.45, 7) is 3.87. The van der Waals surface area contributed by atoms with Gasteiger partial charge in [-0.25, -0.2) is 0 Å². The largest absolute Gasteiger partial charge is 0.490 e. The molecule has 138 valence electrons. The van der Waals surface area contributed by atoms with Crippen LogP contribution < -0.4 is 15.4 Å². The number of carbonyl (C=O) groups is 1. The quantitative estimate of drug-likeness (QED) is 0.492. The summed E-state index contributed by atoms with van der Waals surface area (Å²) < 4.78 is 6.58. The van der Waals surface area contributed by atoms with Gasteiger partial charge in [-0.2, -0.15) is 0 Å². The number of benzene rings is 3. The zero-order valence-corrected chi connectivity index (χ0v) is 16.8. The molecule has 3 rings (SSSR count). The number of nitrogens with one attached hydrogen (secondary N) is 2. The smallest absolute Gasteiger partial charge is 0.259 e. The summed E-state index contributed by atoms with van der Waals surface area (Å²) in [7, 11) is 0. The van der Waals surface area contributed by atoms with Crippen molar-refractivity contribution in [3.8, 4) is 5.75 Å². The van der Waals surface area contributed by atoms with Crippen LogP contribution in [0.3, 0.4) is 0 Å². The minimum atomic E-state index is -0.212. The summed E-state index contributed by atoms with van der Waals surface area (Å²) in [5, 5.41) is 6.24. The lowest BCUT2D eigenvalue weighted by Gasteiger charge is -2.15. The Morgan fingerprint density at radius 3 is 2.19 bits per heavy atom. The molecular weight excluding hydrogens is 404 g/mol. The highest BCUT2D eigenvalue weighted by molar-refractivity contribution is 9.10. The molecule has 5 heteroatoms. The van der Waals surface area contributed by atoms with E-state index in [4.69, 9.17) is 4.74 Å². The third-order valence-corrected chi connectivity index (χ3v) is 4.25. The number of anilines is 3. The number of hydrogen-bond donors (Lipinski definition) is 2. The first-order valence-corrected chi connectivity index (χ1v) is 9.50. The van der Waals surface area contributed by atoms with Crippen molar-refractivity contribution in [2.24, 2.45) is 0 Å². The third-order valence-electron chi connectivity index (χ3n) is 3.75. The van der Waals surface area contributed by atoms with E-state index in [0.717, 1.165) is 15.8 Å². The monoisotopic (exact) mass is 424 g/mol. The van der Waals surface area contributed by atoms with Crippen LogP contribution in [0.5, 0.6) is 5.75 Å². The lowest BCUT2D eigenvalue weighted by atomic mass is 10.1. The molecule has 0 aliphatic heterocycles. The van der Waals surface area contributed by atoms with E-state index in [-0.39, 0.29) is 12.0 Å². The van der Waals surface area contributed by atoms with E-state index in [2.05, 4.69) is 26.6 Å². The second-order valence-electron chi connectivity index (χ2n) is 6.33. The van der Waals surface area contributed by atoms with Crippen LogP contribution in [0.25, 0.3) is 0 Å². The number of halogens is 1. The molecule has 0 aliphatic carbocycles. The Hall–Kier alpha value is -2.79. The van der Waals surface area contributed by atoms with E-state index >= 15 is 0 Å². The fraction of sp³-hybridized carbons (Fsp3) is 0.136. The molecule has 0 fully saturated rings. The van der Waals surface area contributed by atoms with Crippen LogP contribution in [0.15, 0.2) is 77.3 Å². The highest BCUT2D eigenvalue weighted by Gasteiger charge is 2.14. The number of amides is 1. The zero-order chi connectivity index (χ0) is 19.2. The Balaban J connectivity index is 1.72. The van der Waals surface area contributed by atoms with Gasteiger partial charge < -0.3 is 15.4 Å². The van der Waals surface area contributed by atoms with Crippen LogP contribution in [0.2, 0.25) is 0 Å². The average molecular weight is 425 g/mol. The molecule has 0 saturated heterocycles. The minimum Gasteiger partial charge on any atom is -0.490 e. The maximum Gasteiger partial charge on any atom is 0.259 e. The predicted octanol–water partition coefficient (Wildman–Crippen LogP) is 6.23. The number of carbonyl (C=O) groups excluding carboxylic acids is 1. The molecule has 0 bridgehead atoms. The summed E-state index contributed by atoms with van der Waals surface area (Å²) in [4.78, 5) is 12.7. The Morgan fingerprint density at radius 1 is 0.889 bits per heavy atom. The fourth-order valence-electron chi connectivity index (χ4n) is 2.56. The van der Waals surface area contributed by atoms with E-state index < -0.39 is 0 Å². The molecule has 0 atom stereocenters. The van der Waals surface area contributed by atoms with Gasteiger partial charge in [-0.15, -0.1) is 0 Å². The molecule has 0 unspecified atom stereocenters. The second-order valence-corrected chi connectivity index (χ2v) is 7.25. The van der Waals surface area contributed by atoms with E-state index in [1.165, 1.54) is 0 Å². The van der Waals surface area contributed by atoms with Crippen molar-refractivity contribution in [1.29, 1.82) is 0 Å². The molecular formula is C22H21BrN2O2. The van der Waals surface area contributed by atoms with Crippen LogP contribution in [0, 0.1) is 0 Å². The summed E-state index contributed by atoms with van der Waals surface area (Å²) in [6, 6.07) is 22.9. The topological polar surface area (TPSA) is 50.4 Å². The second kappa shape index (κ2) is 8.73. The molecule has 3 aromatic rings. The fourth-order valence-corrected chi connectivity index (χ4v) is 2.92. The van der Waals surface area contributed by atoms with Gasteiger partial charge in [0.2, 0.25) is 0 Å². The third kappa shape index (κ3) is 5.34. The molecule has 27 heavy (non-hydrogen) atoms. The van der Waals surface area contributed by atoms with E-state index in [9.17, 15) is 4.79 Å². The molecule has 0 aromatic heterocycles. The number of hydrogen-bond acceptors (Lipinski definition) is 3. The zero-order valence-electron chi connectivity index (χ0n) is 15.2. The molecule has 1 amide bonds. The van der Waals surface area contributed by atoms with Gasteiger partial charge in [-0.05, 0) is 68.4 Å². The van der Waals surface area contributed by atoms with Crippen molar-refractivity contribution < 1.29 is 9.53 Å². The molecule has 3 aromatic carbocycles. The molecule has 4 nitrogen and oxygen atoms in total. The Labute approximate surface area is 167 Å². The first-order valence-electron chi connectivity index (χ1n) is 8.71. The van der Waals surface area contributed by atoms with Crippen molar-refractivity contribution in [3.63, 3.8) is 0 Å². The Bertz CT molecular complexity index is 909. The molecule has 0 heterocycles. The normalized spacial score (nSPS) is 10.5. The van der Waals surface area contributed by atoms with Crippen molar-refractivity contribution in [1.82, 2.24) is 0 Å². The van der Waals surface area contributed by atoms with Gasteiger partial charge in [0.25, 0.3) is 5.91 Å². The van der Waals surface area contributed by atoms with Crippen molar-refractivity contribution in [2.75, 3.05) is 10.6 Å². The molecule has 0 saturated carbocycles. The lowest BCUT2D eigenvalue weighted by molar-refractivity contribution is 0.102. The predicted molar refractivity (Wildman–Crippen MR) is 114 cm³/mol. The van der Waals surface area contributed by atoms with E-state index in [0.29, 0.717) is 17.0 Å². The standard InChI is InChI=1S/C22H21BrN2O2/c1-15(2)27-21-13-8-16(23)14-20(21)22(26)25-19-11-9-18(10-12-19)24-17-6-4-3-5-7-17/h3-15,24H,1-2H3,(H,25,26). The van der Waals surface area contributed by atoms with Crippen LogP contribution in [0.4, 0.5) is 17.1 Å². The van der Waals surface area contributed by atoms with Gasteiger partial charge in [-0.1, -0.05) is 34.1 Å². The van der Waals surface area contributed by atoms with Crippen LogP contribution >= 0.6 is 15.9 Å². The summed E-state index contributed by atoms with van der Waals surface area (Å²) in [5.41, 5.74) is 3.17. The van der Waals surface area contributed by atoms with Crippen molar-refractivity contribution >= 4 is 38.9 Å². The van der Waals surface area contributed by atoms with Crippen LogP contribution in [0.1, 0.15) is 24.2 Å². The van der Waals surface area contributed by atoms with E-state index in [1.807, 2.05) is 74.5 Å². The summed E-state index contributed by atoms with van der Waals surface area (Å²) in [6.07, 6.45) is -0.0129. The maximum atomic E-state index is 12.7. The average Bonchev–Trinajstić information content (AvgIpc) is 2.65. The van der Waals surface area contributed by atoms with Gasteiger partial charge in [0, 0.05) is 21.5 Å². The Kier molecular flexibility index (Phi) is 6.14. The molecule has 2 N–H and O–H groups in total. The first-order chi connectivity index (χ1) is 13.0. The van der Waals surface area contributed by atoms with Crippen molar-refractivity contribution in [3.05, 3.63) is 82.8 Å².